The van der Waals surface area contributed by atoms with E-state index in [4.69, 9.17) is 4.42 Å². The van der Waals surface area contributed by atoms with Gasteiger partial charge in [0.25, 0.3) is 5.56 Å². The standard InChI is InChI=1S/C20H17N5O3S/c26-18(10-12-4-3-9-29-12)22-17-11-15(16-7-2-8-28-16)24-25(17)20-21-14-6-1-5-13(14)19(27)23-20/h2-4,7-9,11H,1,5-6,10H2,(H,22,26)(H,21,23,27). The van der Waals surface area contributed by atoms with Crippen molar-refractivity contribution < 1.29 is 9.21 Å². The number of fused-ring (bicyclic) bond motifs is 1. The van der Waals surface area contributed by atoms with Gasteiger partial charge in [0, 0.05) is 16.5 Å². The topological polar surface area (TPSA) is 106 Å². The Labute approximate surface area is 169 Å². The lowest BCUT2D eigenvalue weighted by atomic mass is 10.3. The number of furan rings is 1. The minimum absolute atomic E-state index is 0.159. The minimum Gasteiger partial charge on any atom is -0.463 e. The second-order valence-corrected chi connectivity index (χ2v) is 7.81. The largest absolute Gasteiger partial charge is 0.463 e. The number of hydrogen-bond acceptors (Lipinski definition) is 6. The molecule has 8 nitrogen and oxygen atoms in total. The third kappa shape index (κ3) is 3.40. The van der Waals surface area contributed by atoms with Crippen molar-refractivity contribution in [2.24, 2.45) is 0 Å². The van der Waals surface area contributed by atoms with E-state index in [0.717, 1.165) is 35.4 Å². The molecular weight excluding hydrogens is 390 g/mol. The second kappa shape index (κ2) is 7.17. The zero-order chi connectivity index (χ0) is 19.8. The summed E-state index contributed by atoms with van der Waals surface area (Å²) in [6, 6.07) is 9.07. The Bertz CT molecular complexity index is 1220. The van der Waals surface area contributed by atoms with Crippen LogP contribution >= 0.6 is 11.3 Å². The molecule has 0 spiro atoms. The molecule has 0 bridgehead atoms. The van der Waals surface area contributed by atoms with Gasteiger partial charge in [-0.15, -0.1) is 11.3 Å². The Kier molecular flexibility index (Phi) is 4.36. The van der Waals surface area contributed by atoms with E-state index in [9.17, 15) is 9.59 Å². The summed E-state index contributed by atoms with van der Waals surface area (Å²) in [4.78, 5) is 33.3. The molecule has 5 rings (SSSR count). The molecule has 0 aliphatic heterocycles. The molecule has 0 saturated heterocycles. The van der Waals surface area contributed by atoms with Crippen molar-refractivity contribution in [2.75, 3.05) is 5.32 Å². The first-order chi connectivity index (χ1) is 14.2. The molecule has 1 aliphatic carbocycles. The average molecular weight is 407 g/mol. The smallest absolute Gasteiger partial charge is 0.255 e. The van der Waals surface area contributed by atoms with E-state index >= 15 is 0 Å². The summed E-state index contributed by atoms with van der Waals surface area (Å²) in [6.07, 6.45) is 4.22. The third-order valence-electron chi connectivity index (χ3n) is 4.79. The maximum atomic E-state index is 12.6. The SMILES string of the molecule is O=C(Cc1cccs1)Nc1cc(-c2ccco2)nn1-c1nc2c(c(=O)[nH]1)CCC2. The Hall–Kier alpha value is -3.46. The van der Waals surface area contributed by atoms with Gasteiger partial charge in [-0.05, 0) is 42.8 Å². The van der Waals surface area contributed by atoms with Crippen LogP contribution < -0.4 is 10.9 Å². The molecule has 29 heavy (non-hydrogen) atoms. The number of aryl methyl sites for hydroxylation is 1. The number of hydrogen-bond donors (Lipinski definition) is 2. The van der Waals surface area contributed by atoms with E-state index in [-0.39, 0.29) is 23.8 Å². The Morgan fingerprint density at radius 3 is 3.03 bits per heavy atom. The van der Waals surface area contributed by atoms with Crippen LogP contribution in [0.1, 0.15) is 22.6 Å². The molecule has 0 saturated carbocycles. The van der Waals surface area contributed by atoms with Gasteiger partial charge in [0.2, 0.25) is 11.9 Å². The summed E-state index contributed by atoms with van der Waals surface area (Å²) >= 11 is 1.52. The first-order valence-electron chi connectivity index (χ1n) is 9.26. The molecule has 4 aromatic heterocycles. The van der Waals surface area contributed by atoms with Gasteiger partial charge < -0.3 is 9.73 Å². The number of rotatable bonds is 5. The van der Waals surface area contributed by atoms with Gasteiger partial charge in [-0.3, -0.25) is 14.6 Å². The van der Waals surface area contributed by atoms with E-state index in [1.54, 1.807) is 24.5 Å². The van der Waals surface area contributed by atoms with Gasteiger partial charge >= 0.3 is 0 Å². The summed E-state index contributed by atoms with van der Waals surface area (Å²) in [5.74, 6) is 1.07. The van der Waals surface area contributed by atoms with Gasteiger partial charge in [-0.2, -0.15) is 9.78 Å². The number of nitrogens with zero attached hydrogens (tertiary/aromatic N) is 3. The Balaban J connectivity index is 1.54. The maximum Gasteiger partial charge on any atom is 0.255 e. The van der Waals surface area contributed by atoms with Crippen LogP contribution in [0, 0.1) is 0 Å². The molecule has 146 valence electrons. The lowest BCUT2D eigenvalue weighted by Crippen LogP contribution is -2.21. The summed E-state index contributed by atoms with van der Waals surface area (Å²) in [5.41, 5.74) is 1.89. The van der Waals surface area contributed by atoms with Crippen LogP contribution in [0.15, 0.2) is 51.2 Å². The first kappa shape index (κ1) is 17.6. The molecule has 0 aromatic carbocycles. The number of carbonyl (C=O) groups excluding carboxylic acids is 1. The van der Waals surface area contributed by atoms with E-state index in [1.165, 1.54) is 16.0 Å². The molecule has 0 radical (unpaired) electrons. The highest BCUT2D eigenvalue weighted by Gasteiger charge is 2.21. The summed E-state index contributed by atoms with van der Waals surface area (Å²) < 4.78 is 6.88. The number of thiophene rings is 1. The quantitative estimate of drug-likeness (QED) is 0.529. The highest BCUT2D eigenvalue weighted by atomic mass is 32.1. The number of aromatic amines is 1. The molecule has 9 heteroatoms. The van der Waals surface area contributed by atoms with Crippen LogP contribution in [0.5, 0.6) is 0 Å². The Morgan fingerprint density at radius 1 is 1.31 bits per heavy atom. The highest BCUT2D eigenvalue weighted by Crippen LogP contribution is 2.25. The first-order valence-corrected chi connectivity index (χ1v) is 10.1. The summed E-state index contributed by atoms with van der Waals surface area (Å²) in [6.45, 7) is 0. The zero-order valence-corrected chi connectivity index (χ0v) is 16.2. The third-order valence-corrected chi connectivity index (χ3v) is 5.67. The molecule has 4 heterocycles. The number of anilines is 1. The van der Waals surface area contributed by atoms with Gasteiger partial charge in [-0.1, -0.05) is 6.07 Å². The second-order valence-electron chi connectivity index (χ2n) is 6.78. The van der Waals surface area contributed by atoms with Crippen molar-refractivity contribution in [1.29, 1.82) is 0 Å². The van der Waals surface area contributed by atoms with Crippen molar-refractivity contribution in [3.05, 3.63) is 68.5 Å². The van der Waals surface area contributed by atoms with E-state index in [1.807, 2.05) is 17.5 Å². The predicted molar refractivity (Wildman–Crippen MR) is 108 cm³/mol. The molecule has 4 aromatic rings. The number of carbonyl (C=O) groups is 1. The summed E-state index contributed by atoms with van der Waals surface area (Å²) in [7, 11) is 0. The monoisotopic (exact) mass is 407 g/mol. The van der Waals surface area contributed by atoms with E-state index in [2.05, 4.69) is 20.4 Å². The van der Waals surface area contributed by atoms with Crippen LogP contribution in [0.2, 0.25) is 0 Å². The molecule has 1 amide bonds. The maximum absolute atomic E-state index is 12.6. The van der Waals surface area contributed by atoms with Crippen molar-refractivity contribution in [2.45, 2.75) is 25.7 Å². The molecular formula is C20H17N5O3S. The van der Waals surface area contributed by atoms with Crippen LogP contribution in [-0.2, 0) is 24.1 Å². The Morgan fingerprint density at radius 2 is 2.24 bits per heavy atom. The number of amides is 1. The highest BCUT2D eigenvalue weighted by molar-refractivity contribution is 7.10. The van der Waals surface area contributed by atoms with Gasteiger partial charge in [0.15, 0.2) is 5.76 Å². The molecule has 1 aliphatic rings. The van der Waals surface area contributed by atoms with E-state index < -0.39 is 0 Å². The fourth-order valence-electron chi connectivity index (χ4n) is 3.46. The van der Waals surface area contributed by atoms with Gasteiger partial charge in [0.05, 0.1) is 18.4 Å². The minimum atomic E-state index is -0.178. The lowest BCUT2D eigenvalue weighted by molar-refractivity contribution is -0.115. The van der Waals surface area contributed by atoms with Gasteiger partial charge in [0.1, 0.15) is 11.5 Å². The fraction of sp³-hybridized carbons (Fsp3) is 0.200. The molecule has 0 unspecified atom stereocenters. The van der Waals surface area contributed by atoms with E-state index in [0.29, 0.717) is 17.3 Å². The van der Waals surface area contributed by atoms with Crippen molar-refractivity contribution in [1.82, 2.24) is 19.7 Å². The number of nitrogens with one attached hydrogen (secondary N) is 2. The molecule has 0 fully saturated rings. The van der Waals surface area contributed by atoms with Crippen LogP contribution in [0.25, 0.3) is 17.4 Å². The summed E-state index contributed by atoms with van der Waals surface area (Å²) in [5, 5.41) is 9.33. The normalized spacial score (nSPS) is 12.8. The van der Waals surface area contributed by atoms with Crippen LogP contribution in [-0.4, -0.2) is 25.7 Å². The number of H-pyrrole nitrogens is 1. The number of aromatic nitrogens is 4. The van der Waals surface area contributed by atoms with Gasteiger partial charge in [-0.25, -0.2) is 4.98 Å². The zero-order valence-electron chi connectivity index (χ0n) is 15.3. The predicted octanol–water partition coefficient (Wildman–Crippen LogP) is 2.95. The fourth-order valence-corrected chi connectivity index (χ4v) is 4.17. The van der Waals surface area contributed by atoms with Crippen LogP contribution in [0.3, 0.4) is 0 Å². The van der Waals surface area contributed by atoms with Crippen molar-refractivity contribution >= 4 is 23.1 Å². The van der Waals surface area contributed by atoms with Crippen molar-refractivity contribution in [3.8, 4) is 17.4 Å². The van der Waals surface area contributed by atoms with Crippen molar-refractivity contribution in [3.63, 3.8) is 0 Å². The molecule has 0 atom stereocenters. The molecule has 2 N–H and O–H groups in total. The van der Waals surface area contributed by atoms with Crippen LogP contribution in [0.4, 0.5) is 5.82 Å². The lowest BCUT2D eigenvalue weighted by Gasteiger charge is -2.09. The average Bonchev–Trinajstić information content (AvgIpc) is 3.48.